The van der Waals surface area contributed by atoms with Crippen LogP contribution in [-0.4, -0.2) is 22.2 Å². The van der Waals surface area contributed by atoms with Crippen molar-refractivity contribution in [2.75, 3.05) is 0 Å². The number of hydrogen-bond acceptors (Lipinski definition) is 2. The number of rotatable bonds is 4. The third-order valence-corrected chi connectivity index (χ3v) is 4.38. The summed E-state index contributed by atoms with van der Waals surface area (Å²) in [4.78, 5) is 23.1. The Balaban J connectivity index is 2.08. The van der Waals surface area contributed by atoms with Gasteiger partial charge in [-0.25, -0.2) is 9.59 Å². The lowest BCUT2D eigenvalue weighted by molar-refractivity contribution is -0.130. The largest absolute Gasteiger partial charge is 0.478 e. The van der Waals surface area contributed by atoms with Crippen molar-refractivity contribution in [1.29, 1.82) is 0 Å². The zero-order chi connectivity index (χ0) is 17.1. The molecule has 2 aromatic rings. The fourth-order valence-electron chi connectivity index (χ4n) is 3.14. The molecular weight excluding hydrogens is 304 g/mol. The molecule has 2 N–H and O–H groups in total. The Labute approximate surface area is 140 Å². The van der Waals surface area contributed by atoms with E-state index in [1.165, 1.54) is 29.7 Å². The Morgan fingerprint density at radius 1 is 0.917 bits per heavy atom. The molecule has 0 heterocycles. The van der Waals surface area contributed by atoms with E-state index in [0.717, 1.165) is 19.3 Å². The smallest absolute Gasteiger partial charge is 0.336 e. The van der Waals surface area contributed by atoms with Gasteiger partial charge in [-0.15, -0.1) is 0 Å². The Kier molecular flexibility index (Phi) is 4.47. The zero-order valence-electron chi connectivity index (χ0n) is 13.2. The van der Waals surface area contributed by atoms with Crippen LogP contribution < -0.4 is 0 Å². The first-order valence-electron chi connectivity index (χ1n) is 7.96. The fourth-order valence-corrected chi connectivity index (χ4v) is 3.14. The summed E-state index contributed by atoms with van der Waals surface area (Å²) in [6, 6.07) is 12.1. The van der Waals surface area contributed by atoms with Gasteiger partial charge in [0.15, 0.2) is 0 Å². The van der Waals surface area contributed by atoms with E-state index in [0.29, 0.717) is 11.1 Å². The van der Waals surface area contributed by atoms with Gasteiger partial charge < -0.3 is 10.2 Å². The highest BCUT2D eigenvalue weighted by Gasteiger charge is 2.16. The number of fused-ring (bicyclic) bond motifs is 1. The third-order valence-electron chi connectivity index (χ3n) is 4.38. The van der Waals surface area contributed by atoms with E-state index >= 15 is 0 Å². The van der Waals surface area contributed by atoms with E-state index in [9.17, 15) is 19.8 Å². The number of carboxylic acids is 2. The van der Waals surface area contributed by atoms with Crippen molar-refractivity contribution in [2.24, 2.45) is 0 Å². The molecule has 0 aromatic heterocycles. The Morgan fingerprint density at radius 2 is 1.62 bits per heavy atom. The molecule has 0 atom stereocenters. The second-order valence-electron chi connectivity index (χ2n) is 5.95. The van der Waals surface area contributed by atoms with Crippen molar-refractivity contribution >= 4 is 23.6 Å². The van der Waals surface area contributed by atoms with Crippen LogP contribution in [0.1, 0.15) is 45.5 Å². The maximum Gasteiger partial charge on any atom is 0.336 e. The van der Waals surface area contributed by atoms with Crippen molar-refractivity contribution < 1.29 is 19.8 Å². The van der Waals surface area contributed by atoms with Crippen LogP contribution in [0, 0.1) is 0 Å². The number of aromatic carboxylic acids is 1. The number of aliphatic carboxylic acids is 1. The summed E-state index contributed by atoms with van der Waals surface area (Å²) in [5.74, 6) is -2.14. The van der Waals surface area contributed by atoms with Gasteiger partial charge in [0.2, 0.25) is 0 Å². The number of benzene rings is 2. The minimum Gasteiger partial charge on any atom is -0.478 e. The van der Waals surface area contributed by atoms with Gasteiger partial charge in [-0.3, -0.25) is 0 Å². The summed E-state index contributed by atoms with van der Waals surface area (Å²) in [5, 5.41) is 18.9. The van der Waals surface area contributed by atoms with Crippen molar-refractivity contribution in [2.45, 2.75) is 25.7 Å². The molecule has 0 saturated carbocycles. The highest BCUT2D eigenvalue weighted by atomic mass is 16.4. The molecule has 4 heteroatoms. The third kappa shape index (κ3) is 3.23. The molecule has 122 valence electrons. The molecule has 3 rings (SSSR count). The van der Waals surface area contributed by atoms with Crippen LogP contribution in [0.4, 0.5) is 0 Å². The Bertz CT molecular complexity index is 833. The summed E-state index contributed by atoms with van der Waals surface area (Å²) in [5.41, 5.74) is 3.67. The maximum absolute atomic E-state index is 11.7. The van der Waals surface area contributed by atoms with E-state index in [1.54, 1.807) is 18.2 Å². The van der Waals surface area contributed by atoms with Gasteiger partial charge in [-0.05, 0) is 60.1 Å². The van der Waals surface area contributed by atoms with E-state index in [-0.39, 0.29) is 11.1 Å². The summed E-state index contributed by atoms with van der Waals surface area (Å²) in [6.45, 7) is 0. The minimum absolute atomic E-state index is 0.0919. The molecule has 0 fully saturated rings. The molecule has 24 heavy (non-hydrogen) atoms. The van der Waals surface area contributed by atoms with Gasteiger partial charge in [0.25, 0.3) is 0 Å². The molecule has 0 aliphatic heterocycles. The van der Waals surface area contributed by atoms with Crippen molar-refractivity contribution in [1.82, 2.24) is 0 Å². The summed E-state index contributed by atoms with van der Waals surface area (Å²) in [6.07, 6.45) is 5.71. The lowest BCUT2D eigenvalue weighted by Crippen LogP contribution is -2.06. The predicted octanol–water partition coefficient (Wildman–Crippen LogP) is 3.89. The van der Waals surface area contributed by atoms with E-state index in [1.807, 2.05) is 18.2 Å². The highest BCUT2D eigenvalue weighted by Crippen LogP contribution is 2.27. The molecule has 0 bridgehead atoms. The first-order valence-corrected chi connectivity index (χ1v) is 7.96. The van der Waals surface area contributed by atoms with Gasteiger partial charge in [0.05, 0.1) is 11.1 Å². The molecule has 0 saturated heterocycles. The monoisotopic (exact) mass is 322 g/mol. The molecular formula is C20H18O4. The van der Waals surface area contributed by atoms with Crippen molar-refractivity contribution in [3.63, 3.8) is 0 Å². The fraction of sp³-hybridized carbons (Fsp3) is 0.200. The lowest BCUT2D eigenvalue weighted by Gasteiger charge is -2.17. The number of aryl methyl sites for hydroxylation is 2. The predicted molar refractivity (Wildman–Crippen MR) is 92.0 cm³/mol. The summed E-state index contributed by atoms with van der Waals surface area (Å²) >= 11 is 0. The first-order chi connectivity index (χ1) is 11.6. The molecule has 0 radical (unpaired) electrons. The maximum atomic E-state index is 11.7. The lowest BCUT2D eigenvalue weighted by atomic mass is 9.88. The van der Waals surface area contributed by atoms with Gasteiger partial charge >= 0.3 is 11.9 Å². The molecule has 0 amide bonds. The highest BCUT2D eigenvalue weighted by molar-refractivity contribution is 6.21. The molecule has 1 aliphatic carbocycles. The van der Waals surface area contributed by atoms with Gasteiger partial charge in [-0.2, -0.15) is 0 Å². The number of carbonyl (C=O) groups is 2. The zero-order valence-corrected chi connectivity index (χ0v) is 13.2. The second-order valence-corrected chi connectivity index (χ2v) is 5.95. The van der Waals surface area contributed by atoms with Gasteiger partial charge in [0.1, 0.15) is 0 Å². The average molecular weight is 322 g/mol. The average Bonchev–Trinajstić information content (AvgIpc) is 2.59. The molecule has 4 nitrogen and oxygen atoms in total. The van der Waals surface area contributed by atoms with Gasteiger partial charge in [-0.1, -0.05) is 36.4 Å². The molecule has 1 aliphatic rings. The van der Waals surface area contributed by atoms with E-state index < -0.39 is 11.9 Å². The molecule has 0 unspecified atom stereocenters. The number of hydrogen-bond donors (Lipinski definition) is 2. The molecule has 0 spiro atoms. The Hall–Kier alpha value is -2.88. The second kappa shape index (κ2) is 6.71. The quantitative estimate of drug-likeness (QED) is 0.661. The Morgan fingerprint density at radius 3 is 2.33 bits per heavy atom. The SMILES string of the molecule is O=C(O)/C(=C\c1ccccc1C(=O)O)c1ccc2c(c1)CCCC2. The van der Waals surface area contributed by atoms with Crippen LogP contribution in [0.25, 0.3) is 11.6 Å². The summed E-state index contributed by atoms with van der Waals surface area (Å²) in [7, 11) is 0. The normalized spacial score (nSPS) is 14.1. The van der Waals surface area contributed by atoms with Crippen LogP contribution in [0.2, 0.25) is 0 Å². The minimum atomic E-state index is -1.07. The van der Waals surface area contributed by atoms with E-state index in [2.05, 4.69) is 0 Å². The van der Waals surface area contributed by atoms with Crippen molar-refractivity contribution in [3.8, 4) is 0 Å². The van der Waals surface area contributed by atoms with Crippen molar-refractivity contribution in [3.05, 3.63) is 70.3 Å². The molecule has 2 aromatic carbocycles. The van der Waals surface area contributed by atoms with E-state index in [4.69, 9.17) is 0 Å². The van der Waals surface area contributed by atoms with Gasteiger partial charge in [0, 0.05) is 0 Å². The summed E-state index contributed by atoms with van der Waals surface area (Å²) < 4.78 is 0. The first kappa shape index (κ1) is 16.0. The van der Waals surface area contributed by atoms with Crippen LogP contribution in [0.15, 0.2) is 42.5 Å². The van der Waals surface area contributed by atoms with Crippen LogP contribution in [-0.2, 0) is 17.6 Å². The van der Waals surface area contributed by atoms with Crippen LogP contribution in [0.5, 0.6) is 0 Å². The number of carboxylic acid groups (broad SMARTS) is 2. The topological polar surface area (TPSA) is 74.6 Å². The van der Waals surface area contributed by atoms with Crippen LogP contribution >= 0.6 is 0 Å². The standard InChI is InChI=1S/C20H18O4/c21-19(22)17-8-4-3-7-15(17)12-18(20(23)24)16-10-9-13-5-1-2-6-14(13)11-16/h3-4,7-12H,1-2,5-6H2,(H,21,22)(H,23,24)/b18-12-. The van der Waals surface area contributed by atoms with Crippen LogP contribution in [0.3, 0.4) is 0 Å².